The van der Waals surface area contributed by atoms with Gasteiger partial charge in [0.15, 0.2) is 0 Å². The molecule has 0 bridgehead atoms. The van der Waals surface area contributed by atoms with Gasteiger partial charge in [0.25, 0.3) is 0 Å². The van der Waals surface area contributed by atoms with Gasteiger partial charge >= 0.3 is 6.18 Å². The van der Waals surface area contributed by atoms with Crippen molar-refractivity contribution in [3.63, 3.8) is 0 Å². The maximum absolute atomic E-state index is 12.9. The van der Waals surface area contributed by atoms with Crippen LogP contribution in [0.3, 0.4) is 0 Å². The quantitative estimate of drug-likeness (QED) is 0.230. The SMILES string of the molecule is CC1Cc2nc(SO)nc(Nc3ccc(C(F)(F)F)cc3)c2CCC1Cc1ncccc1Cl. The Hall–Kier alpha value is -2.36. The fraction of sp³-hybridized carbons (Fsp3) is 0.348. The number of hydrogen-bond donors (Lipinski definition) is 2. The summed E-state index contributed by atoms with van der Waals surface area (Å²) in [6, 6.07) is 8.43. The number of rotatable bonds is 5. The van der Waals surface area contributed by atoms with Gasteiger partial charge in [0.2, 0.25) is 5.16 Å². The molecule has 0 fully saturated rings. The highest BCUT2D eigenvalue weighted by Gasteiger charge is 2.30. The molecule has 0 spiro atoms. The minimum absolute atomic E-state index is 0.196. The smallest absolute Gasteiger partial charge is 0.340 e. The Balaban J connectivity index is 1.60. The number of nitrogens with one attached hydrogen (secondary N) is 1. The molecule has 2 N–H and O–H groups in total. The van der Waals surface area contributed by atoms with Gasteiger partial charge < -0.3 is 9.87 Å². The largest absolute Gasteiger partial charge is 0.416 e. The molecule has 3 aromatic rings. The summed E-state index contributed by atoms with van der Waals surface area (Å²) in [7, 11) is 0. The van der Waals surface area contributed by atoms with E-state index in [1.807, 2.05) is 6.07 Å². The molecule has 2 unspecified atom stereocenters. The van der Waals surface area contributed by atoms with Gasteiger partial charge in [0, 0.05) is 17.4 Å². The summed E-state index contributed by atoms with van der Waals surface area (Å²) in [6.45, 7) is 2.16. The van der Waals surface area contributed by atoms with Gasteiger partial charge in [-0.05, 0) is 73.9 Å². The van der Waals surface area contributed by atoms with E-state index in [0.29, 0.717) is 47.3 Å². The highest BCUT2D eigenvalue weighted by atomic mass is 35.5. The number of hydrogen-bond acceptors (Lipinski definition) is 6. The lowest BCUT2D eigenvalue weighted by Gasteiger charge is -2.21. The second-order valence-electron chi connectivity index (χ2n) is 8.19. The van der Waals surface area contributed by atoms with Crippen molar-refractivity contribution in [1.82, 2.24) is 15.0 Å². The minimum Gasteiger partial charge on any atom is -0.340 e. The van der Waals surface area contributed by atoms with E-state index < -0.39 is 11.7 Å². The lowest BCUT2D eigenvalue weighted by molar-refractivity contribution is -0.137. The second kappa shape index (κ2) is 9.87. The van der Waals surface area contributed by atoms with Crippen LogP contribution in [-0.2, 0) is 25.4 Å². The number of pyridine rings is 1. The summed E-state index contributed by atoms with van der Waals surface area (Å²) >= 11 is 6.77. The van der Waals surface area contributed by atoms with Gasteiger partial charge in [-0.25, -0.2) is 9.97 Å². The van der Waals surface area contributed by atoms with Crippen molar-refractivity contribution < 1.29 is 17.7 Å². The van der Waals surface area contributed by atoms with Crippen LogP contribution >= 0.6 is 23.6 Å². The zero-order chi connectivity index (χ0) is 23.6. The van der Waals surface area contributed by atoms with Gasteiger partial charge in [-0.3, -0.25) is 4.98 Å². The molecule has 4 rings (SSSR count). The van der Waals surface area contributed by atoms with Crippen LogP contribution in [0.1, 0.15) is 35.9 Å². The average Bonchev–Trinajstić information content (AvgIpc) is 2.93. The highest BCUT2D eigenvalue weighted by Crippen LogP contribution is 2.36. The molecule has 0 saturated heterocycles. The molecule has 10 heteroatoms. The average molecular weight is 495 g/mol. The summed E-state index contributed by atoms with van der Waals surface area (Å²) in [4.78, 5) is 13.3. The molecule has 2 atom stereocenters. The van der Waals surface area contributed by atoms with Crippen LogP contribution in [-0.4, -0.2) is 19.5 Å². The van der Waals surface area contributed by atoms with Crippen LogP contribution in [0.5, 0.6) is 0 Å². The second-order valence-corrected chi connectivity index (χ2v) is 9.14. The normalized spacial score (nSPS) is 18.5. The zero-order valence-corrected chi connectivity index (χ0v) is 19.3. The molecule has 2 aromatic heterocycles. The molecule has 0 radical (unpaired) electrons. The Morgan fingerprint density at radius 2 is 1.94 bits per heavy atom. The third kappa shape index (κ3) is 5.59. The molecule has 0 saturated carbocycles. The number of fused-ring (bicyclic) bond motifs is 1. The first-order chi connectivity index (χ1) is 15.7. The monoisotopic (exact) mass is 494 g/mol. The third-order valence-corrected chi connectivity index (χ3v) is 6.69. The molecule has 0 aliphatic heterocycles. The van der Waals surface area contributed by atoms with Crippen molar-refractivity contribution in [3.8, 4) is 0 Å². The summed E-state index contributed by atoms with van der Waals surface area (Å²) in [6.07, 6.45) is 0.312. The van der Waals surface area contributed by atoms with Crippen LogP contribution < -0.4 is 5.32 Å². The van der Waals surface area contributed by atoms with Crippen molar-refractivity contribution in [2.45, 2.75) is 43.9 Å². The molecule has 174 valence electrons. The fourth-order valence-corrected chi connectivity index (χ4v) is 4.65. The number of alkyl halides is 3. The standard InChI is InChI=1S/C23H22ClF3N4OS/c1-13-11-19-17(9-4-14(13)12-20-18(24)3-2-10-28-20)21(31-22(30-19)33-32)29-16-7-5-15(6-8-16)23(25,26)27/h2-3,5-8,10,13-14,32H,4,9,11-12H2,1H3,(H,29,30,31). The number of nitrogens with zero attached hydrogens (tertiary/aromatic N) is 3. The summed E-state index contributed by atoms with van der Waals surface area (Å²) in [5.41, 5.74) is 2.37. The Bertz CT molecular complexity index is 1130. The van der Waals surface area contributed by atoms with E-state index in [9.17, 15) is 17.7 Å². The fourth-order valence-electron chi connectivity index (χ4n) is 4.17. The molecular weight excluding hydrogens is 473 g/mol. The summed E-state index contributed by atoms with van der Waals surface area (Å²) in [5.74, 6) is 1.10. The molecule has 1 aromatic carbocycles. The van der Waals surface area contributed by atoms with E-state index in [1.165, 1.54) is 12.1 Å². The van der Waals surface area contributed by atoms with Gasteiger partial charge in [0.1, 0.15) is 5.82 Å². The minimum atomic E-state index is -4.40. The molecule has 0 amide bonds. The Morgan fingerprint density at radius 3 is 2.61 bits per heavy atom. The lowest BCUT2D eigenvalue weighted by atomic mass is 9.85. The predicted octanol–water partition coefficient (Wildman–Crippen LogP) is 6.84. The van der Waals surface area contributed by atoms with E-state index in [2.05, 4.69) is 27.2 Å². The Morgan fingerprint density at radius 1 is 1.18 bits per heavy atom. The number of benzene rings is 1. The Labute approximate surface area is 199 Å². The van der Waals surface area contributed by atoms with E-state index in [1.54, 1.807) is 12.3 Å². The lowest BCUT2D eigenvalue weighted by Crippen LogP contribution is -2.16. The van der Waals surface area contributed by atoms with Crippen LogP contribution in [0.4, 0.5) is 24.7 Å². The number of halogens is 4. The number of anilines is 2. The van der Waals surface area contributed by atoms with Crippen LogP contribution in [0, 0.1) is 11.8 Å². The first-order valence-electron chi connectivity index (χ1n) is 10.5. The van der Waals surface area contributed by atoms with Crippen molar-refractivity contribution in [2.24, 2.45) is 11.8 Å². The molecule has 2 heterocycles. The first kappa shape index (κ1) is 23.8. The van der Waals surface area contributed by atoms with Gasteiger partial charge in [-0.15, -0.1) is 0 Å². The van der Waals surface area contributed by atoms with Gasteiger partial charge in [-0.1, -0.05) is 18.5 Å². The predicted molar refractivity (Wildman–Crippen MR) is 123 cm³/mol. The van der Waals surface area contributed by atoms with Crippen LogP contribution in [0.2, 0.25) is 5.02 Å². The summed E-state index contributed by atoms with van der Waals surface area (Å²) in [5, 5.41) is 3.97. The van der Waals surface area contributed by atoms with Crippen molar-refractivity contribution in [2.75, 3.05) is 5.32 Å². The van der Waals surface area contributed by atoms with Gasteiger partial charge in [0.05, 0.1) is 34.0 Å². The van der Waals surface area contributed by atoms with E-state index in [0.717, 1.165) is 41.9 Å². The van der Waals surface area contributed by atoms with Crippen molar-refractivity contribution in [1.29, 1.82) is 0 Å². The molecule has 5 nitrogen and oxygen atoms in total. The maximum atomic E-state index is 12.9. The molecule has 33 heavy (non-hydrogen) atoms. The molecule has 1 aliphatic rings. The van der Waals surface area contributed by atoms with Gasteiger partial charge in [-0.2, -0.15) is 13.2 Å². The number of aromatic nitrogens is 3. The van der Waals surface area contributed by atoms with E-state index >= 15 is 0 Å². The summed E-state index contributed by atoms with van der Waals surface area (Å²) < 4.78 is 48.2. The van der Waals surface area contributed by atoms with Crippen LogP contribution in [0.25, 0.3) is 0 Å². The van der Waals surface area contributed by atoms with Crippen molar-refractivity contribution >= 4 is 35.1 Å². The highest BCUT2D eigenvalue weighted by molar-refractivity contribution is 7.93. The van der Waals surface area contributed by atoms with Crippen LogP contribution in [0.15, 0.2) is 47.8 Å². The zero-order valence-electron chi connectivity index (χ0n) is 17.7. The third-order valence-electron chi connectivity index (χ3n) is 6.00. The molecule has 1 aliphatic carbocycles. The maximum Gasteiger partial charge on any atom is 0.416 e. The van der Waals surface area contributed by atoms with E-state index in [4.69, 9.17) is 11.6 Å². The Kier molecular flexibility index (Phi) is 7.11. The topological polar surface area (TPSA) is 70.9 Å². The van der Waals surface area contributed by atoms with Crippen molar-refractivity contribution in [3.05, 3.63) is 70.1 Å². The first-order valence-corrected chi connectivity index (χ1v) is 11.6. The molecular formula is C23H22ClF3N4OS. The van der Waals surface area contributed by atoms with E-state index in [-0.39, 0.29) is 11.1 Å².